The molecule has 1 aromatic rings. The first-order valence-corrected chi connectivity index (χ1v) is 7.26. The summed E-state index contributed by atoms with van der Waals surface area (Å²) in [6, 6.07) is 1.97. The van der Waals surface area contributed by atoms with Crippen molar-refractivity contribution in [3.8, 4) is 11.5 Å². The molecule has 0 spiro atoms. The summed E-state index contributed by atoms with van der Waals surface area (Å²) in [5, 5.41) is 28.5. The van der Waals surface area contributed by atoms with Crippen LogP contribution < -0.4 is 0 Å². The highest BCUT2D eigenvalue weighted by molar-refractivity contribution is 7.80. The van der Waals surface area contributed by atoms with E-state index in [-0.39, 0.29) is 36.7 Å². The zero-order chi connectivity index (χ0) is 16.4. The SMILES string of the molecule is CC(=O)CCC(=S)N1Cc2cc(O)c(O)cc2C[C@H]1C(=O)O. The summed E-state index contributed by atoms with van der Waals surface area (Å²) in [6.07, 6.45) is 0.780. The molecule has 1 aliphatic heterocycles. The fourth-order valence-corrected chi connectivity index (χ4v) is 2.82. The third-order valence-electron chi connectivity index (χ3n) is 3.72. The molecule has 2 rings (SSSR count). The van der Waals surface area contributed by atoms with Crippen molar-refractivity contribution >= 4 is 29.0 Å². The molecule has 3 N–H and O–H groups in total. The molecule has 1 heterocycles. The number of hydrogen-bond donors (Lipinski definition) is 3. The summed E-state index contributed by atoms with van der Waals surface area (Å²) in [6.45, 7) is 1.69. The molecule has 7 heteroatoms. The van der Waals surface area contributed by atoms with E-state index in [1.54, 1.807) is 4.90 Å². The minimum Gasteiger partial charge on any atom is -0.504 e. The van der Waals surface area contributed by atoms with Gasteiger partial charge in [-0.15, -0.1) is 0 Å². The van der Waals surface area contributed by atoms with Gasteiger partial charge in [0.1, 0.15) is 11.8 Å². The highest BCUT2D eigenvalue weighted by Gasteiger charge is 2.33. The number of carboxylic acids is 1. The lowest BCUT2D eigenvalue weighted by molar-refractivity contribution is -0.142. The van der Waals surface area contributed by atoms with Crippen LogP contribution in [0, 0.1) is 0 Å². The van der Waals surface area contributed by atoms with Crippen molar-refractivity contribution in [3.05, 3.63) is 23.3 Å². The number of Topliss-reactive ketones (excluding diaryl/α,β-unsaturated/α-hetero) is 1. The molecule has 0 fully saturated rings. The molecule has 1 aliphatic rings. The van der Waals surface area contributed by atoms with Gasteiger partial charge in [-0.1, -0.05) is 12.2 Å². The lowest BCUT2D eigenvalue weighted by Crippen LogP contribution is -2.48. The molecule has 1 atom stereocenters. The van der Waals surface area contributed by atoms with Crippen molar-refractivity contribution in [2.45, 2.75) is 38.8 Å². The summed E-state index contributed by atoms with van der Waals surface area (Å²) in [4.78, 5) is 24.5. The Bertz CT molecular complexity index is 643. The highest BCUT2D eigenvalue weighted by Crippen LogP contribution is 2.33. The third-order valence-corrected chi connectivity index (χ3v) is 4.16. The summed E-state index contributed by atoms with van der Waals surface area (Å²) < 4.78 is 0. The van der Waals surface area contributed by atoms with Gasteiger partial charge >= 0.3 is 5.97 Å². The monoisotopic (exact) mass is 323 g/mol. The molecular weight excluding hydrogens is 306 g/mol. The molecule has 0 radical (unpaired) electrons. The number of rotatable bonds is 4. The van der Waals surface area contributed by atoms with Crippen LogP contribution >= 0.6 is 12.2 Å². The molecular formula is C15H17NO5S. The second kappa shape index (κ2) is 6.31. The lowest BCUT2D eigenvalue weighted by Gasteiger charge is -2.36. The van der Waals surface area contributed by atoms with Crippen LogP contribution in [0.5, 0.6) is 11.5 Å². The molecule has 0 bridgehead atoms. The van der Waals surface area contributed by atoms with Crippen molar-refractivity contribution in [3.63, 3.8) is 0 Å². The zero-order valence-electron chi connectivity index (χ0n) is 12.1. The molecule has 6 nitrogen and oxygen atoms in total. The van der Waals surface area contributed by atoms with E-state index in [1.807, 2.05) is 0 Å². The van der Waals surface area contributed by atoms with Crippen LogP contribution in [0.4, 0.5) is 0 Å². The molecule has 0 amide bonds. The number of hydrogen-bond acceptors (Lipinski definition) is 5. The van der Waals surface area contributed by atoms with Gasteiger partial charge in [0.2, 0.25) is 0 Å². The second-order valence-corrected chi connectivity index (χ2v) is 5.86. The number of phenolic OH excluding ortho intramolecular Hbond substituents is 2. The lowest BCUT2D eigenvalue weighted by atomic mass is 9.93. The van der Waals surface area contributed by atoms with Crippen molar-refractivity contribution < 1.29 is 24.9 Å². The molecule has 0 aliphatic carbocycles. The zero-order valence-corrected chi connectivity index (χ0v) is 12.9. The minimum atomic E-state index is -1.01. The maximum atomic E-state index is 11.5. The van der Waals surface area contributed by atoms with Crippen LogP contribution in [-0.2, 0) is 22.6 Å². The van der Waals surface area contributed by atoms with Crippen molar-refractivity contribution in [2.75, 3.05) is 0 Å². The summed E-state index contributed by atoms with van der Waals surface area (Å²) >= 11 is 5.27. The molecule has 0 unspecified atom stereocenters. The topological polar surface area (TPSA) is 98.1 Å². The van der Waals surface area contributed by atoms with E-state index in [0.717, 1.165) is 5.56 Å². The predicted molar refractivity (Wildman–Crippen MR) is 83.0 cm³/mol. The number of phenols is 2. The summed E-state index contributed by atoms with van der Waals surface area (Å²) in [5.41, 5.74) is 1.39. The van der Waals surface area contributed by atoms with Crippen LogP contribution in [0.25, 0.3) is 0 Å². The van der Waals surface area contributed by atoms with E-state index in [9.17, 15) is 24.9 Å². The molecule has 0 saturated carbocycles. The Kier molecular flexibility index (Phi) is 4.65. The first-order chi connectivity index (χ1) is 10.3. The Balaban J connectivity index is 2.28. The van der Waals surface area contributed by atoms with Crippen molar-refractivity contribution in [1.82, 2.24) is 4.90 Å². The average Bonchev–Trinajstić information content (AvgIpc) is 2.44. The van der Waals surface area contributed by atoms with Gasteiger partial charge in [0, 0.05) is 25.8 Å². The van der Waals surface area contributed by atoms with Gasteiger partial charge in [-0.05, 0) is 30.2 Å². The minimum absolute atomic E-state index is 0.00537. The Morgan fingerprint density at radius 3 is 2.36 bits per heavy atom. The van der Waals surface area contributed by atoms with E-state index in [1.165, 1.54) is 19.1 Å². The molecule has 1 aromatic carbocycles. The first kappa shape index (κ1) is 16.2. The number of thiocarbonyl (C=S) groups is 1. The van der Waals surface area contributed by atoms with Crippen molar-refractivity contribution in [1.29, 1.82) is 0 Å². The number of nitrogens with zero attached hydrogens (tertiary/aromatic N) is 1. The normalized spacial score (nSPS) is 17.0. The van der Waals surface area contributed by atoms with Crippen LogP contribution in [-0.4, -0.2) is 43.0 Å². The van der Waals surface area contributed by atoms with Gasteiger partial charge < -0.3 is 25.0 Å². The molecule has 118 valence electrons. The van der Waals surface area contributed by atoms with Gasteiger partial charge in [0.15, 0.2) is 11.5 Å². The predicted octanol–water partition coefficient (Wildman–Crippen LogP) is 1.61. The van der Waals surface area contributed by atoms with Crippen LogP contribution in [0.1, 0.15) is 30.9 Å². The summed E-state index contributed by atoms with van der Waals surface area (Å²) in [7, 11) is 0. The van der Waals surface area contributed by atoms with Gasteiger partial charge in [0.05, 0.1) is 4.99 Å². The van der Waals surface area contributed by atoms with Gasteiger partial charge in [-0.3, -0.25) is 0 Å². The number of fused-ring (bicyclic) bond motifs is 1. The Labute approximate surface area is 133 Å². The largest absolute Gasteiger partial charge is 0.504 e. The van der Waals surface area contributed by atoms with Gasteiger partial charge in [-0.25, -0.2) is 4.79 Å². The Morgan fingerprint density at radius 2 is 1.82 bits per heavy atom. The van der Waals surface area contributed by atoms with Gasteiger partial charge in [0.25, 0.3) is 0 Å². The fraction of sp³-hybridized carbons (Fsp3) is 0.400. The number of aromatic hydroxyl groups is 2. The highest BCUT2D eigenvalue weighted by atomic mass is 32.1. The molecule has 0 saturated heterocycles. The first-order valence-electron chi connectivity index (χ1n) is 6.85. The number of aliphatic carboxylic acids is 1. The smallest absolute Gasteiger partial charge is 0.326 e. The maximum Gasteiger partial charge on any atom is 0.326 e. The number of carboxylic acid groups (broad SMARTS) is 1. The van der Waals surface area contributed by atoms with E-state index in [4.69, 9.17) is 12.2 Å². The Hall–Kier alpha value is -2.15. The number of benzene rings is 1. The van der Waals surface area contributed by atoms with Crippen LogP contribution in [0.15, 0.2) is 12.1 Å². The van der Waals surface area contributed by atoms with E-state index >= 15 is 0 Å². The molecule has 22 heavy (non-hydrogen) atoms. The van der Waals surface area contributed by atoms with Gasteiger partial charge in [-0.2, -0.15) is 0 Å². The van der Waals surface area contributed by atoms with Crippen molar-refractivity contribution in [2.24, 2.45) is 0 Å². The third kappa shape index (κ3) is 3.36. The number of ketones is 1. The second-order valence-electron chi connectivity index (χ2n) is 5.39. The number of carbonyl (C=O) groups excluding carboxylic acids is 1. The van der Waals surface area contributed by atoms with Crippen LogP contribution in [0.2, 0.25) is 0 Å². The van der Waals surface area contributed by atoms with E-state index in [0.29, 0.717) is 17.0 Å². The molecule has 0 aromatic heterocycles. The standard InChI is InChI=1S/C15H17NO5S/c1-8(17)2-3-14(22)16-7-10-6-13(19)12(18)5-9(10)4-11(16)15(20)21/h5-6,11,18-19H,2-4,7H2,1H3,(H,20,21)/t11-/m0/s1. The van der Waals surface area contributed by atoms with Crippen LogP contribution in [0.3, 0.4) is 0 Å². The fourth-order valence-electron chi connectivity index (χ4n) is 2.52. The quantitative estimate of drug-likeness (QED) is 0.572. The van der Waals surface area contributed by atoms with E-state index in [2.05, 4.69) is 0 Å². The van der Waals surface area contributed by atoms with E-state index < -0.39 is 12.0 Å². The summed E-state index contributed by atoms with van der Waals surface area (Å²) in [5.74, 6) is -1.53. The Morgan fingerprint density at radius 1 is 1.23 bits per heavy atom. The average molecular weight is 323 g/mol. The number of carbonyl (C=O) groups is 2. The maximum absolute atomic E-state index is 11.5.